The van der Waals surface area contributed by atoms with E-state index in [0.29, 0.717) is 0 Å². The monoisotopic (exact) mass is 295 g/mol. The number of rotatable bonds is 3. The SMILES string of the molecule is Cc1cc(CNc2ccc(Br)cc2)c(C)s1. The van der Waals surface area contributed by atoms with Crippen LogP contribution in [0.3, 0.4) is 0 Å². The van der Waals surface area contributed by atoms with Crippen molar-refractivity contribution in [2.45, 2.75) is 20.4 Å². The Balaban J connectivity index is 2.02. The summed E-state index contributed by atoms with van der Waals surface area (Å²) in [6.07, 6.45) is 0. The van der Waals surface area contributed by atoms with Crippen molar-refractivity contribution in [1.82, 2.24) is 0 Å². The minimum absolute atomic E-state index is 0.901. The van der Waals surface area contributed by atoms with E-state index in [1.54, 1.807) is 0 Å². The number of aryl methyl sites for hydroxylation is 2. The number of benzene rings is 1. The summed E-state index contributed by atoms with van der Waals surface area (Å²) in [5.41, 5.74) is 2.55. The molecule has 0 bridgehead atoms. The normalized spacial score (nSPS) is 10.4. The maximum Gasteiger partial charge on any atom is 0.0411 e. The van der Waals surface area contributed by atoms with E-state index in [4.69, 9.17) is 0 Å². The molecule has 0 atom stereocenters. The van der Waals surface area contributed by atoms with Crippen LogP contribution in [0.25, 0.3) is 0 Å². The molecule has 2 rings (SSSR count). The Morgan fingerprint density at radius 1 is 1.19 bits per heavy atom. The predicted molar refractivity (Wildman–Crippen MR) is 75.3 cm³/mol. The Morgan fingerprint density at radius 3 is 2.44 bits per heavy atom. The van der Waals surface area contributed by atoms with Crippen LogP contribution in [0.4, 0.5) is 5.69 Å². The van der Waals surface area contributed by atoms with Crippen molar-refractivity contribution in [3.05, 3.63) is 50.1 Å². The fourth-order valence-corrected chi connectivity index (χ4v) is 2.83. The number of anilines is 1. The van der Waals surface area contributed by atoms with Crippen molar-refractivity contribution < 1.29 is 0 Å². The molecule has 84 valence electrons. The summed E-state index contributed by atoms with van der Waals surface area (Å²) in [5.74, 6) is 0. The van der Waals surface area contributed by atoms with Gasteiger partial charge in [0, 0.05) is 26.5 Å². The van der Waals surface area contributed by atoms with Gasteiger partial charge >= 0.3 is 0 Å². The van der Waals surface area contributed by atoms with Crippen molar-refractivity contribution in [3.63, 3.8) is 0 Å². The van der Waals surface area contributed by atoms with Gasteiger partial charge in [0.2, 0.25) is 0 Å². The molecular weight excluding hydrogens is 282 g/mol. The van der Waals surface area contributed by atoms with Gasteiger partial charge in [0.1, 0.15) is 0 Å². The minimum atomic E-state index is 0.901. The molecular formula is C13H14BrNS. The molecule has 0 spiro atoms. The van der Waals surface area contributed by atoms with Gasteiger partial charge in [-0.05, 0) is 49.7 Å². The summed E-state index contributed by atoms with van der Waals surface area (Å²) < 4.78 is 1.11. The van der Waals surface area contributed by atoms with E-state index in [1.165, 1.54) is 15.3 Å². The van der Waals surface area contributed by atoms with Crippen LogP contribution in [-0.2, 0) is 6.54 Å². The van der Waals surface area contributed by atoms with Crippen molar-refractivity contribution in [2.75, 3.05) is 5.32 Å². The lowest BCUT2D eigenvalue weighted by Gasteiger charge is -2.05. The number of hydrogen-bond donors (Lipinski definition) is 1. The summed E-state index contributed by atoms with van der Waals surface area (Å²) in [4.78, 5) is 2.78. The average Bonchev–Trinajstić information content (AvgIpc) is 2.57. The first-order valence-electron chi connectivity index (χ1n) is 5.20. The molecule has 1 aromatic heterocycles. The van der Waals surface area contributed by atoms with Gasteiger partial charge in [-0.2, -0.15) is 0 Å². The Labute approximate surface area is 109 Å². The highest BCUT2D eigenvalue weighted by molar-refractivity contribution is 9.10. The van der Waals surface area contributed by atoms with Crippen molar-refractivity contribution in [1.29, 1.82) is 0 Å². The van der Waals surface area contributed by atoms with Crippen LogP contribution in [0.1, 0.15) is 15.3 Å². The van der Waals surface area contributed by atoms with Crippen LogP contribution in [0, 0.1) is 13.8 Å². The third-order valence-corrected chi connectivity index (χ3v) is 4.01. The Kier molecular flexibility index (Phi) is 3.66. The lowest BCUT2D eigenvalue weighted by atomic mass is 10.2. The van der Waals surface area contributed by atoms with Gasteiger partial charge in [-0.1, -0.05) is 15.9 Å². The maximum absolute atomic E-state index is 3.43. The largest absolute Gasteiger partial charge is 0.381 e. The fourth-order valence-electron chi connectivity index (χ4n) is 1.62. The first-order valence-corrected chi connectivity index (χ1v) is 6.81. The first kappa shape index (κ1) is 11.7. The summed E-state index contributed by atoms with van der Waals surface area (Å²) in [6.45, 7) is 5.23. The minimum Gasteiger partial charge on any atom is -0.381 e. The summed E-state index contributed by atoms with van der Waals surface area (Å²) >= 11 is 5.29. The third-order valence-electron chi connectivity index (χ3n) is 2.47. The molecule has 1 N–H and O–H groups in total. The van der Waals surface area contributed by atoms with E-state index in [-0.39, 0.29) is 0 Å². The molecule has 3 heteroatoms. The van der Waals surface area contributed by atoms with Crippen LogP contribution in [-0.4, -0.2) is 0 Å². The zero-order chi connectivity index (χ0) is 11.5. The summed E-state index contributed by atoms with van der Waals surface area (Å²) in [7, 11) is 0. The second-order valence-corrected chi connectivity index (χ2v) is 6.18. The molecule has 1 nitrogen and oxygen atoms in total. The Bertz CT molecular complexity index is 473. The van der Waals surface area contributed by atoms with E-state index in [1.807, 2.05) is 23.5 Å². The molecule has 0 unspecified atom stereocenters. The van der Waals surface area contributed by atoms with Gasteiger partial charge in [-0.3, -0.25) is 0 Å². The van der Waals surface area contributed by atoms with E-state index < -0.39 is 0 Å². The van der Waals surface area contributed by atoms with Gasteiger partial charge in [0.15, 0.2) is 0 Å². The summed E-state index contributed by atoms with van der Waals surface area (Å²) in [6, 6.07) is 10.5. The zero-order valence-electron chi connectivity index (χ0n) is 9.38. The summed E-state index contributed by atoms with van der Waals surface area (Å²) in [5, 5.41) is 3.43. The molecule has 2 aromatic rings. The van der Waals surface area contributed by atoms with Crippen molar-refractivity contribution in [2.24, 2.45) is 0 Å². The molecule has 0 aliphatic rings. The molecule has 0 aliphatic heterocycles. The van der Waals surface area contributed by atoms with E-state index in [9.17, 15) is 0 Å². The highest BCUT2D eigenvalue weighted by Crippen LogP contribution is 2.22. The molecule has 0 amide bonds. The van der Waals surface area contributed by atoms with E-state index in [0.717, 1.165) is 16.7 Å². The highest BCUT2D eigenvalue weighted by Gasteiger charge is 2.02. The molecule has 0 radical (unpaired) electrons. The quantitative estimate of drug-likeness (QED) is 0.862. The van der Waals surface area contributed by atoms with E-state index >= 15 is 0 Å². The maximum atomic E-state index is 3.43. The molecule has 0 saturated carbocycles. The number of hydrogen-bond acceptors (Lipinski definition) is 2. The fraction of sp³-hybridized carbons (Fsp3) is 0.231. The number of thiophene rings is 1. The van der Waals surface area contributed by atoms with Gasteiger partial charge in [-0.15, -0.1) is 11.3 Å². The zero-order valence-corrected chi connectivity index (χ0v) is 11.8. The standard InChI is InChI=1S/C13H14BrNS/c1-9-7-11(10(2)16-9)8-15-13-5-3-12(14)4-6-13/h3-7,15H,8H2,1-2H3. The van der Waals surface area contributed by atoms with Crippen molar-refractivity contribution in [3.8, 4) is 0 Å². The topological polar surface area (TPSA) is 12.0 Å². The number of halogens is 1. The van der Waals surface area contributed by atoms with Crippen LogP contribution in [0.2, 0.25) is 0 Å². The van der Waals surface area contributed by atoms with Gasteiger partial charge in [0.25, 0.3) is 0 Å². The van der Waals surface area contributed by atoms with Crippen molar-refractivity contribution >= 4 is 33.0 Å². The smallest absolute Gasteiger partial charge is 0.0411 e. The second kappa shape index (κ2) is 5.02. The molecule has 1 aromatic carbocycles. The van der Waals surface area contributed by atoms with E-state index in [2.05, 4.69) is 53.3 Å². The highest BCUT2D eigenvalue weighted by atomic mass is 79.9. The Hall–Kier alpha value is -0.800. The van der Waals surface area contributed by atoms with Gasteiger partial charge < -0.3 is 5.32 Å². The molecule has 1 heterocycles. The van der Waals surface area contributed by atoms with Gasteiger partial charge in [-0.25, -0.2) is 0 Å². The van der Waals surface area contributed by atoms with Crippen LogP contribution in [0.5, 0.6) is 0 Å². The van der Waals surface area contributed by atoms with Crippen LogP contribution >= 0.6 is 27.3 Å². The van der Waals surface area contributed by atoms with Crippen LogP contribution in [0.15, 0.2) is 34.8 Å². The molecule has 0 fully saturated rings. The third kappa shape index (κ3) is 2.86. The second-order valence-electron chi connectivity index (χ2n) is 3.80. The predicted octanol–water partition coefficient (Wildman–Crippen LogP) is 4.74. The van der Waals surface area contributed by atoms with Crippen LogP contribution < -0.4 is 5.32 Å². The Morgan fingerprint density at radius 2 is 1.88 bits per heavy atom. The average molecular weight is 296 g/mol. The first-order chi connectivity index (χ1) is 7.65. The lowest BCUT2D eigenvalue weighted by Crippen LogP contribution is -1.98. The molecule has 16 heavy (non-hydrogen) atoms. The van der Waals surface area contributed by atoms with Gasteiger partial charge in [0.05, 0.1) is 0 Å². The lowest BCUT2D eigenvalue weighted by molar-refractivity contribution is 1.14. The number of nitrogens with one attached hydrogen (secondary N) is 1. The molecule has 0 aliphatic carbocycles. The molecule has 0 saturated heterocycles.